The molecule has 0 saturated heterocycles. The van der Waals surface area contributed by atoms with E-state index in [2.05, 4.69) is 9.44 Å². The number of carbonyl (C=O) groups excluding carboxylic acids is 1. The molecule has 1 aliphatic carbocycles. The first-order valence-corrected chi connectivity index (χ1v) is 16.9. The number of aliphatic carboxylic acids is 2. The van der Waals surface area contributed by atoms with E-state index in [1.807, 2.05) is 0 Å². The van der Waals surface area contributed by atoms with Gasteiger partial charge in [-0.3, -0.25) is 14.4 Å². The molecule has 2 atom stereocenters. The van der Waals surface area contributed by atoms with Crippen molar-refractivity contribution in [1.82, 2.24) is 9.44 Å². The van der Waals surface area contributed by atoms with Crippen LogP contribution in [0.4, 0.5) is 0 Å². The van der Waals surface area contributed by atoms with Crippen molar-refractivity contribution in [3.63, 3.8) is 0 Å². The smallest absolute Gasteiger partial charge is 0.321 e. The molecule has 15 heteroatoms. The highest BCUT2D eigenvalue weighted by molar-refractivity contribution is 7.98. The zero-order valence-electron chi connectivity index (χ0n) is 20.3. The number of sulfonamides is 2. The Morgan fingerprint density at radius 1 is 0.737 bits per heavy atom. The predicted octanol–water partition coefficient (Wildman–Crippen LogP) is 1.87. The molecule has 0 saturated carbocycles. The van der Waals surface area contributed by atoms with Crippen molar-refractivity contribution in [2.45, 2.75) is 34.7 Å². The van der Waals surface area contributed by atoms with Crippen molar-refractivity contribution in [1.29, 1.82) is 0 Å². The Kier molecular flexibility index (Phi) is 9.65. The first kappa shape index (κ1) is 30.1. The monoisotopic (exact) mass is 602 g/mol. The van der Waals surface area contributed by atoms with Gasteiger partial charge in [-0.05, 0) is 72.3 Å². The summed E-state index contributed by atoms with van der Waals surface area (Å²) in [6, 6.07) is 4.85. The normalized spacial score (nSPS) is 14.5. The van der Waals surface area contributed by atoms with Crippen LogP contribution in [0.15, 0.2) is 46.2 Å². The highest BCUT2D eigenvalue weighted by Crippen LogP contribution is 2.38. The van der Waals surface area contributed by atoms with E-state index >= 15 is 0 Å². The van der Waals surface area contributed by atoms with E-state index in [-0.39, 0.29) is 33.8 Å². The molecule has 2 aromatic carbocycles. The van der Waals surface area contributed by atoms with E-state index in [0.29, 0.717) is 22.6 Å². The minimum Gasteiger partial charge on any atom is -0.480 e. The van der Waals surface area contributed by atoms with Gasteiger partial charge < -0.3 is 10.2 Å². The largest absolute Gasteiger partial charge is 0.480 e. The molecule has 0 aromatic heterocycles. The maximum absolute atomic E-state index is 13.2. The summed E-state index contributed by atoms with van der Waals surface area (Å²) in [5.74, 6) is -2.43. The molecule has 0 fully saturated rings. The summed E-state index contributed by atoms with van der Waals surface area (Å²) in [7, 11) is -8.57. The molecule has 1 aliphatic rings. The van der Waals surface area contributed by atoms with Crippen molar-refractivity contribution in [2.75, 3.05) is 24.0 Å². The van der Waals surface area contributed by atoms with Crippen LogP contribution in [0.3, 0.4) is 0 Å². The number of nitrogens with one attached hydrogen (secondary N) is 2. The number of rotatable bonds is 14. The van der Waals surface area contributed by atoms with E-state index in [1.165, 1.54) is 47.8 Å². The van der Waals surface area contributed by atoms with Crippen molar-refractivity contribution < 1.29 is 41.4 Å². The lowest BCUT2D eigenvalue weighted by Crippen LogP contribution is -2.41. The minimum absolute atomic E-state index is 0.0183. The fourth-order valence-electron chi connectivity index (χ4n) is 3.82. The van der Waals surface area contributed by atoms with Gasteiger partial charge in [0.25, 0.3) is 0 Å². The predicted molar refractivity (Wildman–Crippen MR) is 145 cm³/mol. The number of hydrogen-bond acceptors (Lipinski definition) is 9. The summed E-state index contributed by atoms with van der Waals surface area (Å²) in [6.45, 7) is 0. The molecule has 3 rings (SSSR count). The number of ketones is 1. The highest BCUT2D eigenvalue weighted by Gasteiger charge is 2.33. The maximum Gasteiger partial charge on any atom is 0.321 e. The fraction of sp³-hybridized carbons (Fsp3) is 0.348. The molecule has 0 radical (unpaired) electrons. The third-order valence-corrected chi connectivity index (χ3v) is 10.0. The molecule has 0 spiro atoms. The fourth-order valence-corrected chi connectivity index (χ4v) is 7.26. The van der Waals surface area contributed by atoms with Crippen LogP contribution in [-0.4, -0.2) is 80.9 Å². The van der Waals surface area contributed by atoms with Crippen molar-refractivity contribution in [3.8, 4) is 11.1 Å². The number of carbonyl (C=O) groups is 3. The Bertz CT molecular complexity index is 1360. The van der Waals surface area contributed by atoms with E-state index in [9.17, 15) is 41.4 Å². The van der Waals surface area contributed by atoms with Gasteiger partial charge in [-0.15, -0.1) is 0 Å². The molecule has 2 unspecified atom stereocenters. The first-order chi connectivity index (χ1) is 17.8. The molecule has 4 N–H and O–H groups in total. The molecule has 11 nitrogen and oxygen atoms in total. The van der Waals surface area contributed by atoms with Gasteiger partial charge in [-0.2, -0.15) is 33.0 Å². The zero-order chi connectivity index (χ0) is 28.3. The lowest BCUT2D eigenvalue weighted by Gasteiger charge is -2.15. The van der Waals surface area contributed by atoms with Gasteiger partial charge in [0, 0.05) is 11.1 Å². The second-order valence-corrected chi connectivity index (χ2v) is 13.7. The lowest BCUT2D eigenvalue weighted by atomic mass is 10.1. The summed E-state index contributed by atoms with van der Waals surface area (Å²) in [5, 5.41) is 18.7. The Morgan fingerprint density at radius 2 is 1.11 bits per heavy atom. The van der Waals surface area contributed by atoms with Crippen LogP contribution in [-0.2, 0) is 29.6 Å². The third kappa shape index (κ3) is 6.58. The minimum atomic E-state index is -4.28. The van der Waals surface area contributed by atoms with Crippen LogP contribution in [0.1, 0.15) is 28.8 Å². The average molecular weight is 603 g/mol. The standard InChI is InChI=1S/C23H26N2O9S4/c1-35-9-7-19(22(27)28)24-37(31,32)13-3-5-15-16-6-4-14(12-18(16)21(26)17(15)11-13)38(33,34)25-20(23(29)30)8-10-36-2/h3-6,11-12,19-20,24-25H,7-10H2,1-2H3,(H,27,28)(H,29,30). The quantitative estimate of drug-likeness (QED) is 0.211. The van der Waals surface area contributed by atoms with Crippen molar-refractivity contribution >= 4 is 61.3 Å². The van der Waals surface area contributed by atoms with Crippen LogP contribution < -0.4 is 9.44 Å². The Hall–Kier alpha value is -2.43. The topological polar surface area (TPSA) is 184 Å². The van der Waals surface area contributed by atoms with Crippen molar-refractivity contribution in [2.24, 2.45) is 0 Å². The number of carboxylic acid groups (broad SMARTS) is 2. The maximum atomic E-state index is 13.2. The van der Waals surface area contributed by atoms with Crippen LogP contribution in [0.2, 0.25) is 0 Å². The summed E-state index contributed by atoms with van der Waals surface area (Å²) in [5.41, 5.74) is 0.817. The molecular formula is C23H26N2O9S4. The molecule has 0 aliphatic heterocycles. The van der Waals surface area contributed by atoms with Gasteiger partial charge in [0.2, 0.25) is 20.0 Å². The number of thioether (sulfide) groups is 2. The van der Waals surface area contributed by atoms with Gasteiger partial charge >= 0.3 is 11.9 Å². The van der Waals surface area contributed by atoms with E-state index in [0.717, 1.165) is 12.1 Å². The lowest BCUT2D eigenvalue weighted by molar-refractivity contribution is -0.139. The number of carboxylic acids is 2. The number of benzene rings is 2. The van der Waals surface area contributed by atoms with E-state index < -0.39 is 49.9 Å². The molecule has 2 aromatic rings. The van der Waals surface area contributed by atoms with Gasteiger partial charge in [-0.25, -0.2) is 16.8 Å². The molecule has 0 bridgehead atoms. The molecule has 38 heavy (non-hydrogen) atoms. The highest BCUT2D eigenvalue weighted by atomic mass is 32.2. The Labute approximate surface area is 228 Å². The molecule has 0 heterocycles. The number of hydrogen-bond donors (Lipinski definition) is 4. The van der Waals surface area contributed by atoms with Gasteiger partial charge in [0.1, 0.15) is 12.1 Å². The average Bonchev–Trinajstić information content (AvgIpc) is 3.14. The summed E-state index contributed by atoms with van der Waals surface area (Å²) >= 11 is 2.74. The van der Waals surface area contributed by atoms with Crippen LogP contribution in [0.25, 0.3) is 11.1 Å². The Balaban J connectivity index is 1.91. The summed E-state index contributed by atoms with van der Waals surface area (Å²) < 4.78 is 55.8. The van der Waals surface area contributed by atoms with Gasteiger partial charge in [0.15, 0.2) is 5.78 Å². The third-order valence-electron chi connectivity index (χ3n) is 5.79. The zero-order valence-corrected chi connectivity index (χ0v) is 23.6. The first-order valence-electron chi connectivity index (χ1n) is 11.1. The van der Waals surface area contributed by atoms with Gasteiger partial charge in [-0.1, -0.05) is 12.1 Å². The van der Waals surface area contributed by atoms with E-state index in [1.54, 1.807) is 12.5 Å². The van der Waals surface area contributed by atoms with Crippen LogP contribution >= 0.6 is 23.5 Å². The summed E-state index contributed by atoms with van der Waals surface area (Å²) in [4.78, 5) is 35.5. The van der Waals surface area contributed by atoms with Crippen LogP contribution in [0, 0.1) is 0 Å². The Morgan fingerprint density at radius 3 is 1.42 bits per heavy atom. The van der Waals surface area contributed by atoms with E-state index in [4.69, 9.17) is 0 Å². The van der Waals surface area contributed by atoms with Crippen LogP contribution in [0.5, 0.6) is 0 Å². The second kappa shape index (κ2) is 12.2. The molecule has 0 amide bonds. The van der Waals surface area contributed by atoms with Gasteiger partial charge in [0.05, 0.1) is 9.79 Å². The molecular weight excluding hydrogens is 577 g/mol. The number of fused-ring (bicyclic) bond motifs is 3. The SMILES string of the molecule is CSCCC(NS(=O)(=O)c1ccc2c(c1)C(=O)c1cc(S(=O)(=O)NC(CCSC)C(=O)O)ccc1-2)C(=O)O. The summed E-state index contributed by atoms with van der Waals surface area (Å²) in [6.07, 6.45) is 3.66. The molecule has 206 valence electrons. The van der Waals surface area contributed by atoms with Crippen molar-refractivity contribution in [3.05, 3.63) is 47.5 Å². The second-order valence-electron chi connectivity index (χ2n) is 8.33.